The average Bonchev–Trinajstić information content (AvgIpc) is 2.62. The van der Waals surface area contributed by atoms with E-state index in [0.29, 0.717) is 6.61 Å². The van der Waals surface area contributed by atoms with Crippen LogP contribution in [0.2, 0.25) is 0 Å². The number of hydrogen-bond acceptors (Lipinski definition) is 3. The van der Waals surface area contributed by atoms with Gasteiger partial charge in [-0.05, 0) is 36.6 Å². The van der Waals surface area contributed by atoms with E-state index in [1.54, 1.807) is 0 Å². The molecule has 3 heteroatoms. The quantitative estimate of drug-likeness (QED) is 0.881. The van der Waals surface area contributed by atoms with Crippen LogP contribution >= 0.6 is 0 Å². The zero-order chi connectivity index (χ0) is 16.1. The largest absolute Gasteiger partial charge is 0.460 e. The lowest BCUT2D eigenvalue weighted by atomic mass is 9.67. The molecule has 0 spiro atoms. The number of nitrogens with one attached hydrogen (secondary N) is 1. The second-order valence-corrected chi connectivity index (χ2v) is 6.25. The topological polar surface area (TPSA) is 38.3 Å². The molecule has 1 heterocycles. The van der Waals surface area contributed by atoms with Crippen LogP contribution in [0.5, 0.6) is 0 Å². The second-order valence-electron chi connectivity index (χ2n) is 6.25. The Morgan fingerprint density at radius 1 is 1.13 bits per heavy atom. The smallest absolute Gasteiger partial charge is 0.317 e. The molecule has 0 unspecified atom stereocenters. The molecule has 1 aliphatic rings. The summed E-state index contributed by atoms with van der Waals surface area (Å²) in [6, 6.07) is 19.9. The molecule has 1 aliphatic heterocycles. The van der Waals surface area contributed by atoms with E-state index in [-0.39, 0.29) is 11.9 Å². The third-order valence-corrected chi connectivity index (χ3v) is 4.85. The van der Waals surface area contributed by atoms with Crippen LogP contribution in [0.15, 0.2) is 60.7 Å². The highest BCUT2D eigenvalue weighted by Gasteiger charge is 2.47. The maximum atomic E-state index is 13.1. The Morgan fingerprint density at radius 3 is 2.43 bits per heavy atom. The number of esters is 1. The summed E-state index contributed by atoms with van der Waals surface area (Å²) in [5, 5.41) is 3.38. The summed E-state index contributed by atoms with van der Waals surface area (Å²) in [7, 11) is 0. The van der Waals surface area contributed by atoms with Crippen molar-refractivity contribution in [3.63, 3.8) is 0 Å². The van der Waals surface area contributed by atoms with Gasteiger partial charge in [0.15, 0.2) is 0 Å². The van der Waals surface area contributed by atoms with Gasteiger partial charge >= 0.3 is 5.97 Å². The first-order valence-electron chi connectivity index (χ1n) is 8.21. The van der Waals surface area contributed by atoms with Gasteiger partial charge in [-0.25, -0.2) is 0 Å². The normalized spacial score (nSPS) is 24.1. The van der Waals surface area contributed by atoms with Crippen LogP contribution in [-0.2, 0) is 21.6 Å². The molecular formula is C20H23NO2. The minimum atomic E-state index is -0.554. The molecule has 0 saturated carbocycles. The summed E-state index contributed by atoms with van der Waals surface area (Å²) in [6.45, 7) is 4.12. The molecule has 23 heavy (non-hydrogen) atoms. The standard InChI is InChI=1S/C20H23NO2/c1-16-14-21-13-12-20(16,18-10-6-3-7-11-18)19(22)23-15-17-8-4-2-5-9-17/h2-11,16,21H,12-15H2,1H3/t16-,20+/m1/s1. The van der Waals surface area contributed by atoms with Gasteiger partial charge in [0.1, 0.15) is 6.61 Å². The molecule has 0 aliphatic carbocycles. The highest BCUT2D eigenvalue weighted by molar-refractivity contribution is 5.84. The van der Waals surface area contributed by atoms with E-state index in [9.17, 15) is 4.79 Å². The third-order valence-electron chi connectivity index (χ3n) is 4.85. The Hall–Kier alpha value is -2.13. The molecule has 0 radical (unpaired) electrons. The Balaban J connectivity index is 1.85. The van der Waals surface area contributed by atoms with Gasteiger partial charge < -0.3 is 10.1 Å². The summed E-state index contributed by atoms with van der Waals surface area (Å²) >= 11 is 0. The second kappa shape index (κ2) is 6.97. The lowest BCUT2D eigenvalue weighted by Crippen LogP contribution is -2.52. The zero-order valence-electron chi connectivity index (χ0n) is 13.5. The number of rotatable bonds is 4. The first kappa shape index (κ1) is 15.8. The number of piperidine rings is 1. The number of ether oxygens (including phenoxy) is 1. The van der Waals surface area contributed by atoms with Crippen molar-refractivity contribution in [3.8, 4) is 0 Å². The van der Waals surface area contributed by atoms with Crippen molar-refractivity contribution in [1.82, 2.24) is 5.32 Å². The maximum absolute atomic E-state index is 13.1. The van der Waals surface area contributed by atoms with E-state index in [1.807, 2.05) is 60.7 Å². The Morgan fingerprint density at radius 2 is 1.78 bits per heavy atom. The van der Waals surface area contributed by atoms with Crippen molar-refractivity contribution in [2.24, 2.45) is 5.92 Å². The van der Waals surface area contributed by atoms with E-state index in [2.05, 4.69) is 12.2 Å². The lowest BCUT2D eigenvalue weighted by molar-refractivity contribution is -0.155. The molecule has 2 aromatic rings. The molecule has 0 bridgehead atoms. The van der Waals surface area contributed by atoms with Crippen LogP contribution in [-0.4, -0.2) is 19.1 Å². The van der Waals surface area contributed by atoms with Crippen LogP contribution in [0.4, 0.5) is 0 Å². The van der Waals surface area contributed by atoms with Crippen LogP contribution in [0.1, 0.15) is 24.5 Å². The molecule has 3 rings (SSSR count). The van der Waals surface area contributed by atoms with E-state index in [1.165, 1.54) is 0 Å². The third kappa shape index (κ3) is 3.15. The first-order valence-corrected chi connectivity index (χ1v) is 8.21. The van der Waals surface area contributed by atoms with E-state index >= 15 is 0 Å². The minimum absolute atomic E-state index is 0.110. The van der Waals surface area contributed by atoms with E-state index in [0.717, 1.165) is 30.6 Å². The monoisotopic (exact) mass is 309 g/mol. The number of benzene rings is 2. The fraction of sp³-hybridized carbons (Fsp3) is 0.350. The average molecular weight is 309 g/mol. The van der Waals surface area contributed by atoms with Gasteiger partial charge in [-0.15, -0.1) is 0 Å². The number of carbonyl (C=O) groups excluding carboxylic acids is 1. The summed E-state index contributed by atoms with van der Waals surface area (Å²) in [5.41, 5.74) is 1.53. The van der Waals surface area contributed by atoms with Crippen molar-refractivity contribution in [2.45, 2.75) is 25.4 Å². The zero-order valence-corrected chi connectivity index (χ0v) is 13.5. The van der Waals surface area contributed by atoms with Crippen LogP contribution < -0.4 is 5.32 Å². The first-order chi connectivity index (χ1) is 11.2. The van der Waals surface area contributed by atoms with Crippen molar-refractivity contribution < 1.29 is 9.53 Å². The molecule has 120 valence electrons. The summed E-state index contributed by atoms with van der Waals surface area (Å²) in [5.74, 6) is 0.0866. The highest BCUT2D eigenvalue weighted by atomic mass is 16.5. The van der Waals surface area contributed by atoms with Crippen molar-refractivity contribution in [2.75, 3.05) is 13.1 Å². The Labute approximate surface area is 137 Å². The van der Waals surface area contributed by atoms with Gasteiger partial charge in [0.05, 0.1) is 5.41 Å². The Kier molecular flexibility index (Phi) is 4.77. The van der Waals surface area contributed by atoms with Gasteiger partial charge in [0.2, 0.25) is 0 Å². The minimum Gasteiger partial charge on any atom is -0.460 e. The number of hydrogen-bond donors (Lipinski definition) is 1. The molecule has 1 fully saturated rings. The van der Waals surface area contributed by atoms with Gasteiger partial charge in [-0.3, -0.25) is 4.79 Å². The van der Waals surface area contributed by atoms with E-state index in [4.69, 9.17) is 4.74 Å². The van der Waals surface area contributed by atoms with Gasteiger partial charge in [-0.2, -0.15) is 0 Å². The molecule has 0 aromatic heterocycles. The molecule has 3 nitrogen and oxygen atoms in total. The molecule has 1 N–H and O–H groups in total. The van der Waals surface area contributed by atoms with Gasteiger partial charge in [0, 0.05) is 0 Å². The lowest BCUT2D eigenvalue weighted by Gasteiger charge is -2.41. The van der Waals surface area contributed by atoms with Crippen molar-refractivity contribution >= 4 is 5.97 Å². The molecule has 0 amide bonds. The van der Waals surface area contributed by atoms with Gasteiger partial charge in [-0.1, -0.05) is 67.6 Å². The van der Waals surface area contributed by atoms with Crippen LogP contribution in [0, 0.1) is 5.92 Å². The summed E-state index contributed by atoms with van der Waals surface area (Å²) < 4.78 is 5.73. The SMILES string of the molecule is C[C@@H]1CNCC[C@@]1(C(=O)OCc1ccccc1)c1ccccc1. The maximum Gasteiger partial charge on any atom is 0.317 e. The predicted octanol–water partition coefficient (Wildman–Crippen LogP) is 3.30. The highest BCUT2D eigenvalue weighted by Crippen LogP contribution is 2.39. The molecule has 1 saturated heterocycles. The predicted molar refractivity (Wildman–Crippen MR) is 91.0 cm³/mol. The number of carbonyl (C=O) groups is 1. The summed E-state index contributed by atoms with van der Waals surface area (Å²) in [4.78, 5) is 13.1. The molecular weight excluding hydrogens is 286 g/mol. The van der Waals surface area contributed by atoms with E-state index < -0.39 is 5.41 Å². The fourth-order valence-corrected chi connectivity index (χ4v) is 3.46. The summed E-state index contributed by atoms with van der Waals surface area (Å²) in [6.07, 6.45) is 0.770. The van der Waals surface area contributed by atoms with Crippen molar-refractivity contribution in [3.05, 3.63) is 71.8 Å². The molecule has 2 aromatic carbocycles. The fourth-order valence-electron chi connectivity index (χ4n) is 3.46. The van der Waals surface area contributed by atoms with Crippen LogP contribution in [0.25, 0.3) is 0 Å². The Bertz CT molecular complexity index is 641. The van der Waals surface area contributed by atoms with Gasteiger partial charge in [0.25, 0.3) is 0 Å². The van der Waals surface area contributed by atoms with Crippen LogP contribution in [0.3, 0.4) is 0 Å². The molecule has 2 atom stereocenters. The van der Waals surface area contributed by atoms with Crippen molar-refractivity contribution in [1.29, 1.82) is 0 Å².